The highest BCUT2D eigenvalue weighted by Gasteiger charge is 2.27. The van der Waals surface area contributed by atoms with Crippen LogP contribution < -0.4 is 0 Å². The summed E-state index contributed by atoms with van der Waals surface area (Å²) in [6.45, 7) is 8.43. The summed E-state index contributed by atoms with van der Waals surface area (Å²) in [4.78, 5) is 4.12. The van der Waals surface area contributed by atoms with E-state index in [0.29, 0.717) is 0 Å². The molecule has 0 aromatic heterocycles. The first kappa shape index (κ1) is 10.2. The molecule has 0 aromatic rings. The Balaban J connectivity index is 3.11. The molecule has 1 aliphatic rings. The molecule has 1 aliphatic carbocycles. The van der Waals surface area contributed by atoms with Crippen LogP contribution in [-0.4, -0.2) is 13.3 Å². The average Bonchev–Trinajstić information content (AvgIpc) is 2.08. The van der Waals surface area contributed by atoms with E-state index in [1.165, 1.54) is 24.0 Å². The first-order chi connectivity index (χ1) is 6.11. The first-order valence-corrected chi connectivity index (χ1v) is 4.90. The van der Waals surface area contributed by atoms with Crippen LogP contribution >= 0.6 is 0 Å². The summed E-state index contributed by atoms with van der Waals surface area (Å²) in [5.41, 5.74) is 3.03. The lowest BCUT2D eigenvalue weighted by Gasteiger charge is -2.32. The Morgan fingerprint density at radius 3 is 2.69 bits per heavy atom. The zero-order valence-electron chi connectivity index (χ0n) is 8.93. The van der Waals surface area contributed by atoms with Crippen molar-refractivity contribution < 1.29 is 0 Å². The lowest BCUT2D eigenvalue weighted by atomic mass is 9.73. The Morgan fingerprint density at radius 2 is 2.15 bits per heavy atom. The number of aliphatic imine (C=N–C) groups is 1. The van der Waals surface area contributed by atoms with Crippen LogP contribution in [0.25, 0.3) is 0 Å². The molecule has 0 saturated heterocycles. The maximum atomic E-state index is 4.12. The number of nitrogens with zero attached hydrogens (tertiary/aromatic N) is 1. The topological polar surface area (TPSA) is 12.4 Å². The molecule has 1 nitrogen and oxygen atoms in total. The zero-order valence-corrected chi connectivity index (χ0v) is 8.93. The minimum absolute atomic E-state index is 0.279. The second-order valence-electron chi connectivity index (χ2n) is 4.27. The summed E-state index contributed by atoms with van der Waals surface area (Å²) in [5.74, 6) is 0. The van der Waals surface area contributed by atoms with E-state index in [2.05, 4.69) is 25.4 Å². The standard InChI is InChI=1S/C12H19N/c1-5-10-7-6-8-12(2,3)11(10)9-13-4/h5,9H,1,6-8H2,2-4H3. The molecule has 1 heteroatoms. The highest BCUT2D eigenvalue weighted by molar-refractivity contribution is 5.82. The summed E-state index contributed by atoms with van der Waals surface area (Å²) in [6.07, 6.45) is 7.67. The van der Waals surface area contributed by atoms with Gasteiger partial charge in [-0.25, -0.2) is 0 Å². The van der Waals surface area contributed by atoms with Crippen molar-refractivity contribution in [2.24, 2.45) is 10.4 Å². The van der Waals surface area contributed by atoms with Crippen molar-refractivity contribution in [3.8, 4) is 0 Å². The third-order valence-electron chi connectivity index (χ3n) is 2.83. The summed E-state index contributed by atoms with van der Waals surface area (Å²) in [5, 5.41) is 0. The van der Waals surface area contributed by atoms with Gasteiger partial charge in [0.1, 0.15) is 0 Å². The number of hydrogen-bond acceptors (Lipinski definition) is 1. The molecule has 0 N–H and O–H groups in total. The fraction of sp³-hybridized carbons (Fsp3) is 0.583. The van der Waals surface area contributed by atoms with Crippen LogP contribution in [0, 0.1) is 5.41 Å². The van der Waals surface area contributed by atoms with Crippen molar-refractivity contribution >= 4 is 6.21 Å². The van der Waals surface area contributed by atoms with Gasteiger partial charge in [0, 0.05) is 13.3 Å². The van der Waals surface area contributed by atoms with Crippen molar-refractivity contribution in [1.82, 2.24) is 0 Å². The van der Waals surface area contributed by atoms with Crippen molar-refractivity contribution in [2.75, 3.05) is 7.05 Å². The van der Waals surface area contributed by atoms with Crippen molar-refractivity contribution in [3.63, 3.8) is 0 Å². The number of rotatable bonds is 2. The van der Waals surface area contributed by atoms with Crippen molar-refractivity contribution in [3.05, 3.63) is 23.8 Å². The first-order valence-electron chi connectivity index (χ1n) is 4.90. The number of allylic oxidation sites excluding steroid dienone is 3. The van der Waals surface area contributed by atoms with E-state index in [9.17, 15) is 0 Å². The molecule has 1 rings (SSSR count). The predicted molar refractivity (Wildman–Crippen MR) is 59.3 cm³/mol. The van der Waals surface area contributed by atoms with Crippen molar-refractivity contribution in [2.45, 2.75) is 33.1 Å². The third-order valence-corrected chi connectivity index (χ3v) is 2.83. The van der Waals surface area contributed by atoms with Crippen LogP contribution in [0.1, 0.15) is 33.1 Å². The zero-order chi connectivity index (χ0) is 9.90. The Labute approximate surface area is 81.3 Å². The van der Waals surface area contributed by atoms with Gasteiger partial charge in [0.2, 0.25) is 0 Å². The molecule has 0 atom stereocenters. The maximum absolute atomic E-state index is 4.12. The number of hydrogen-bond donors (Lipinski definition) is 0. The van der Waals surface area contributed by atoms with Gasteiger partial charge in [0.05, 0.1) is 0 Å². The molecule has 0 radical (unpaired) electrons. The van der Waals surface area contributed by atoms with Crippen LogP contribution in [0.3, 0.4) is 0 Å². The van der Waals surface area contributed by atoms with Gasteiger partial charge in [-0.3, -0.25) is 4.99 Å². The fourth-order valence-electron chi connectivity index (χ4n) is 2.02. The summed E-state index contributed by atoms with van der Waals surface area (Å²) in [6, 6.07) is 0. The highest BCUT2D eigenvalue weighted by atomic mass is 14.6. The molecule has 0 fully saturated rings. The second-order valence-corrected chi connectivity index (χ2v) is 4.27. The molecule has 13 heavy (non-hydrogen) atoms. The SMILES string of the molecule is C=CC1=C(C=NC)C(C)(C)CCC1. The monoisotopic (exact) mass is 177 g/mol. The fourth-order valence-corrected chi connectivity index (χ4v) is 2.02. The molecule has 0 saturated carbocycles. The van der Waals surface area contributed by atoms with Gasteiger partial charge in [0.15, 0.2) is 0 Å². The van der Waals surface area contributed by atoms with Gasteiger partial charge < -0.3 is 0 Å². The molecule has 0 aliphatic heterocycles. The largest absolute Gasteiger partial charge is 0.296 e. The molecule has 0 aromatic carbocycles. The van der Waals surface area contributed by atoms with E-state index in [1.54, 1.807) is 0 Å². The molecule has 72 valence electrons. The average molecular weight is 177 g/mol. The van der Waals surface area contributed by atoms with Crippen LogP contribution in [-0.2, 0) is 0 Å². The minimum atomic E-state index is 0.279. The summed E-state index contributed by atoms with van der Waals surface area (Å²) >= 11 is 0. The van der Waals surface area contributed by atoms with Crippen LogP contribution in [0.4, 0.5) is 0 Å². The molecular formula is C12H19N. The summed E-state index contributed by atoms with van der Waals surface area (Å²) in [7, 11) is 1.83. The van der Waals surface area contributed by atoms with E-state index in [0.717, 1.165) is 6.42 Å². The van der Waals surface area contributed by atoms with Crippen LogP contribution in [0.15, 0.2) is 28.8 Å². The third kappa shape index (κ3) is 2.09. The minimum Gasteiger partial charge on any atom is -0.296 e. The van der Waals surface area contributed by atoms with Gasteiger partial charge in [-0.1, -0.05) is 26.5 Å². The van der Waals surface area contributed by atoms with E-state index in [4.69, 9.17) is 0 Å². The highest BCUT2D eigenvalue weighted by Crippen LogP contribution is 2.39. The normalized spacial score (nSPS) is 22.4. The lowest BCUT2D eigenvalue weighted by Crippen LogP contribution is -2.21. The molecule has 0 bridgehead atoms. The smallest absolute Gasteiger partial charge is 0.0277 e. The van der Waals surface area contributed by atoms with Crippen LogP contribution in [0.2, 0.25) is 0 Å². The molecule has 0 unspecified atom stereocenters. The molecule has 0 spiro atoms. The van der Waals surface area contributed by atoms with E-state index in [-0.39, 0.29) is 5.41 Å². The van der Waals surface area contributed by atoms with Crippen molar-refractivity contribution in [1.29, 1.82) is 0 Å². The summed E-state index contributed by atoms with van der Waals surface area (Å²) < 4.78 is 0. The Bertz CT molecular complexity index is 256. The van der Waals surface area contributed by atoms with E-state index >= 15 is 0 Å². The van der Waals surface area contributed by atoms with Gasteiger partial charge in [0.25, 0.3) is 0 Å². The Morgan fingerprint density at radius 1 is 1.46 bits per heavy atom. The second kappa shape index (κ2) is 3.91. The quantitative estimate of drug-likeness (QED) is 0.573. The van der Waals surface area contributed by atoms with E-state index in [1.807, 2.05) is 19.3 Å². The maximum Gasteiger partial charge on any atom is 0.0277 e. The van der Waals surface area contributed by atoms with Gasteiger partial charge in [-0.05, 0) is 35.8 Å². The van der Waals surface area contributed by atoms with Gasteiger partial charge >= 0.3 is 0 Å². The molecule has 0 heterocycles. The van der Waals surface area contributed by atoms with E-state index < -0.39 is 0 Å². The predicted octanol–water partition coefficient (Wildman–Crippen LogP) is 3.38. The molecule has 0 amide bonds. The lowest BCUT2D eigenvalue weighted by molar-refractivity contribution is 0.386. The Hall–Kier alpha value is -0.850. The van der Waals surface area contributed by atoms with Crippen LogP contribution in [0.5, 0.6) is 0 Å². The van der Waals surface area contributed by atoms with Gasteiger partial charge in [-0.15, -0.1) is 0 Å². The van der Waals surface area contributed by atoms with Gasteiger partial charge in [-0.2, -0.15) is 0 Å². The molecular weight excluding hydrogens is 158 g/mol. The Kier molecular flexibility index (Phi) is 3.07.